The minimum atomic E-state index is -0.573. The smallest absolute Gasteiger partial charge is 0.350 e. The first-order valence-corrected chi connectivity index (χ1v) is 11.0. The van der Waals surface area contributed by atoms with Crippen LogP contribution in [0.3, 0.4) is 0 Å². The number of amides is 1. The van der Waals surface area contributed by atoms with Crippen LogP contribution in [0.15, 0.2) is 24.3 Å². The highest BCUT2D eigenvalue weighted by Gasteiger charge is 2.24. The molecule has 1 aromatic carbocycles. The Labute approximate surface area is 199 Å². The van der Waals surface area contributed by atoms with Gasteiger partial charge in [0.25, 0.3) is 0 Å². The minimum absolute atomic E-state index is 0.133. The first-order valence-electron chi connectivity index (χ1n) is 10.2. The van der Waals surface area contributed by atoms with Crippen LogP contribution in [0.4, 0.5) is 11.4 Å². The van der Waals surface area contributed by atoms with Gasteiger partial charge in [0.2, 0.25) is 5.91 Å². The summed E-state index contributed by atoms with van der Waals surface area (Å²) in [7, 11) is 3.06. The van der Waals surface area contributed by atoms with Crippen molar-refractivity contribution in [1.29, 1.82) is 0 Å². The monoisotopic (exact) mass is 488 g/mol. The highest BCUT2D eigenvalue weighted by Crippen LogP contribution is 2.39. The molecule has 0 spiro atoms. The molecule has 0 aliphatic carbocycles. The molecule has 0 aliphatic heterocycles. The second-order valence-electron chi connectivity index (χ2n) is 7.13. The molecule has 0 saturated carbocycles. The highest BCUT2D eigenvalue weighted by atomic mass is 32.1. The maximum Gasteiger partial charge on any atom is 0.350 e. The molecule has 12 heteroatoms. The number of ether oxygens (including phenoxy) is 3. The van der Waals surface area contributed by atoms with Crippen LogP contribution in [0.2, 0.25) is 0 Å². The van der Waals surface area contributed by atoms with Gasteiger partial charge < -0.3 is 19.5 Å². The van der Waals surface area contributed by atoms with Crippen molar-refractivity contribution in [3.8, 4) is 21.9 Å². The molecule has 0 bridgehead atoms. The minimum Gasteiger partial charge on any atom is -0.493 e. The Morgan fingerprint density at radius 3 is 2.47 bits per heavy atom. The lowest BCUT2D eigenvalue weighted by atomic mass is 10.1. The largest absolute Gasteiger partial charge is 0.493 e. The molecular formula is C22H24N4O7S. The van der Waals surface area contributed by atoms with Gasteiger partial charge in [-0.05, 0) is 50.6 Å². The number of benzene rings is 1. The van der Waals surface area contributed by atoms with E-state index in [1.54, 1.807) is 25.1 Å². The van der Waals surface area contributed by atoms with Crippen molar-refractivity contribution in [1.82, 2.24) is 9.78 Å². The number of carbonyl (C=O) groups is 2. The van der Waals surface area contributed by atoms with Crippen LogP contribution in [-0.2, 0) is 16.1 Å². The van der Waals surface area contributed by atoms with Crippen molar-refractivity contribution >= 4 is 34.6 Å². The predicted molar refractivity (Wildman–Crippen MR) is 126 cm³/mol. The molecule has 3 rings (SSSR count). The number of rotatable bonds is 9. The molecule has 2 aromatic heterocycles. The lowest BCUT2D eigenvalue weighted by Crippen LogP contribution is -2.21. The second kappa shape index (κ2) is 10.3. The van der Waals surface area contributed by atoms with E-state index in [-0.39, 0.29) is 40.8 Å². The van der Waals surface area contributed by atoms with Crippen molar-refractivity contribution in [3.05, 3.63) is 50.6 Å². The SMILES string of the molecule is CCOC(=O)c1sc(-c2ccc(OC)c(OC)c2)cc1NC(=O)Cn1nc(C)c([N+](=O)[O-])c1C. The molecule has 0 atom stereocenters. The zero-order valence-electron chi connectivity index (χ0n) is 19.3. The summed E-state index contributed by atoms with van der Waals surface area (Å²) in [6.45, 7) is 4.63. The van der Waals surface area contributed by atoms with Gasteiger partial charge in [-0.15, -0.1) is 11.3 Å². The quantitative estimate of drug-likeness (QED) is 0.272. The van der Waals surface area contributed by atoms with E-state index >= 15 is 0 Å². The van der Waals surface area contributed by atoms with E-state index in [2.05, 4.69) is 10.4 Å². The van der Waals surface area contributed by atoms with Gasteiger partial charge in [0, 0.05) is 4.88 Å². The number of methoxy groups -OCH3 is 2. The number of aromatic nitrogens is 2. The van der Waals surface area contributed by atoms with E-state index in [1.165, 1.54) is 32.7 Å². The average molecular weight is 489 g/mol. The first kappa shape index (κ1) is 24.7. The third-order valence-electron chi connectivity index (χ3n) is 4.95. The lowest BCUT2D eigenvalue weighted by molar-refractivity contribution is -0.386. The van der Waals surface area contributed by atoms with E-state index in [4.69, 9.17) is 14.2 Å². The van der Waals surface area contributed by atoms with Gasteiger partial charge >= 0.3 is 11.7 Å². The Morgan fingerprint density at radius 2 is 1.88 bits per heavy atom. The van der Waals surface area contributed by atoms with Gasteiger partial charge in [0.05, 0.1) is 31.4 Å². The van der Waals surface area contributed by atoms with Crippen LogP contribution in [0, 0.1) is 24.0 Å². The highest BCUT2D eigenvalue weighted by molar-refractivity contribution is 7.18. The summed E-state index contributed by atoms with van der Waals surface area (Å²) in [5.41, 5.74) is 1.37. The number of hydrogen-bond donors (Lipinski definition) is 1. The van der Waals surface area contributed by atoms with Crippen LogP contribution >= 0.6 is 11.3 Å². The maximum atomic E-state index is 12.8. The second-order valence-corrected chi connectivity index (χ2v) is 8.18. The Balaban J connectivity index is 1.92. The molecule has 180 valence electrons. The summed E-state index contributed by atoms with van der Waals surface area (Å²) in [5.74, 6) is 0.00251. The molecule has 0 saturated heterocycles. The van der Waals surface area contributed by atoms with Crippen LogP contribution in [0.25, 0.3) is 10.4 Å². The number of nitrogens with one attached hydrogen (secondary N) is 1. The Morgan fingerprint density at radius 1 is 1.18 bits per heavy atom. The molecule has 3 aromatic rings. The van der Waals surface area contributed by atoms with Gasteiger partial charge in [-0.1, -0.05) is 0 Å². The van der Waals surface area contributed by atoms with Gasteiger partial charge in [-0.25, -0.2) is 4.79 Å². The van der Waals surface area contributed by atoms with E-state index in [1.807, 2.05) is 6.07 Å². The van der Waals surface area contributed by atoms with Gasteiger partial charge in [0.1, 0.15) is 22.8 Å². The third-order valence-corrected chi connectivity index (χ3v) is 6.12. The number of anilines is 1. The fourth-order valence-electron chi connectivity index (χ4n) is 3.40. The van der Waals surface area contributed by atoms with Crippen LogP contribution in [0.1, 0.15) is 28.0 Å². The number of hydrogen-bond acceptors (Lipinski definition) is 9. The molecule has 34 heavy (non-hydrogen) atoms. The molecule has 0 unspecified atom stereocenters. The Hall–Kier alpha value is -3.93. The van der Waals surface area contributed by atoms with Crippen molar-refractivity contribution in [3.63, 3.8) is 0 Å². The van der Waals surface area contributed by atoms with Crippen molar-refractivity contribution in [2.24, 2.45) is 0 Å². The summed E-state index contributed by atoms with van der Waals surface area (Å²) in [5, 5.41) is 18.0. The Bertz CT molecular complexity index is 1250. The van der Waals surface area contributed by atoms with Gasteiger partial charge in [-0.2, -0.15) is 5.10 Å². The molecule has 0 aliphatic rings. The van der Waals surface area contributed by atoms with Crippen LogP contribution < -0.4 is 14.8 Å². The molecular weight excluding hydrogens is 464 g/mol. The van der Waals surface area contributed by atoms with Crippen LogP contribution in [0.5, 0.6) is 11.5 Å². The number of nitro groups is 1. The fraction of sp³-hybridized carbons (Fsp3) is 0.318. The Kier molecular flexibility index (Phi) is 7.51. The van der Waals surface area contributed by atoms with E-state index in [0.29, 0.717) is 16.4 Å². The summed E-state index contributed by atoms with van der Waals surface area (Å²) in [6.07, 6.45) is 0. The van der Waals surface area contributed by atoms with Gasteiger partial charge in [-0.3, -0.25) is 19.6 Å². The molecule has 0 radical (unpaired) electrons. The number of nitrogens with zero attached hydrogens (tertiary/aromatic N) is 3. The number of carbonyl (C=O) groups excluding carboxylic acids is 2. The molecule has 11 nitrogen and oxygen atoms in total. The van der Waals surface area contributed by atoms with E-state index < -0.39 is 16.8 Å². The predicted octanol–water partition coefficient (Wildman–Crippen LogP) is 3.97. The first-order chi connectivity index (χ1) is 16.2. The molecule has 2 heterocycles. The van der Waals surface area contributed by atoms with Gasteiger partial charge in [0.15, 0.2) is 11.5 Å². The number of esters is 1. The lowest BCUT2D eigenvalue weighted by Gasteiger charge is -2.08. The molecule has 1 amide bonds. The zero-order chi connectivity index (χ0) is 25.0. The fourth-order valence-corrected chi connectivity index (χ4v) is 4.40. The summed E-state index contributed by atoms with van der Waals surface area (Å²) in [6, 6.07) is 6.98. The summed E-state index contributed by atoms with van der Waals surface area (Å²) < 4.78 is 17.0. The zero-order valence-corrected chi connectivity index (χ0v) is 20.1. The number of aryl methyl sites for hydroxylation is 1. The average Bonchev–Trinajstić information content (AvgIpc) is 3.33. The maximum absolute atomic E-state index is 12.8. The topological polar surface area (TPSA) is 135 Å². The van der Waals surface area contributed by atoms with Crippen molar-refractivity contribution < 1.29 is 28.7 Å². The number of thiophene rings is 1. The van der Waals surface area contributed by atoms with Crippen molar-refractivity contribution in [2.75, 3.05) is 26.1 Å². The molecule has 0 fully saturated rings. The standard InChI is InChI=1S/C22H24N4O7S/c1-6-33-22(28)21-15(10-18(34-21)14-7-8-16(31-4)17(9-14)32-5)23-19(27)11-25-13(3)20(26(29)30)12(2)24-25/h7-10H,6,11H2,1-5H3,(H,23,27). The van der Waals surface area contributed by atoms with Crippen molar-refractivity contribution in [2.45, 2.75) is 27.3 Å². The summed E-state index contributed by atoms with van der Waals surface area (Å²) in [4.78, 5) is 36.9. The van der Waals surface area contributed by atoms with E-state index in [0.717, 1.165) is 16.9 Å². The summed E-state index contributed by atoms with van der Waals surface area (Å²) >= 11 is 1.16. The third kappa shape index (κ3) is 5.01. The van der Waals surface area contributed by atoms with E-state index in [9.17, 15) is 19.7 Å². The molecule has 1 N–H and O–H groups in total. The van der Waals surface area contributed by atoms with Crippen LogP contribution in [-0.4, -0.2) is 47.4 Å². The normalized spacial score (nSPS) is 10.6.